The minimum absolute atomic E-state index is 0.0717. The van der Waals surface area contributed by atoms with Crippen LogP contribution in [-0.4, -0.2) is 20.1 Å². The predicted octanol–water partition coefficient (Wildman–Crippen LogP) is 3.00. The molecular weight excluding hydrogens is 314 g/mol. The molecule has 2 bridgehead atoms. The van der Waals surface area contributed by atoms with Crippen molar-refractivity contribution in [1.82, 2.24) is 15.0 Å². The summed E-state index contributed by atoms with van der Waals surface area (Å²) in [5.41, 5.74) is 5.76. The molecular formula is C16H14ClN5O. The number of nitrogen functional groups attached to an aromatic ring is 1. The van der Waals surface area contributed by atoms with Gasteiger partial charge in [0.15, 0.2) is 5.82 Å². The van der Waals surface area contributed by atoms with Crippen LogP contribution in [-0.2, 0) is 0 Å². The zero-order valence-electron chi connectivity index (χ0n) is 12.1. The molecule has 0 atom stereocenters. The van der Waals surface area contributed by atoms with Gasteiger partial charge in [0.25, 0.3) is 0 Å². The number of nitrogens with zero attached hydrogens (tertiary/aromatic N) is 3. The lowest BCUT2D eigenvalue weighted by Crippen LogP contribution is -2.11. The Balaban J connectivity index is 0.000000183. The van der Waals surface area contributed by atoms with Crippen LogP contribution < -0.4 is 11.3 Å². The second kappa shape index (κ2) is 6.60. The lowest BCUT2D eigenvalue weighted by molar-refractivity contribution is 0.430. The molecule has 0 spiro atoms. The molecule has 4 N–H and O–H groups in total. The Labute approximate surface area is 138 Å². The van der Waals surface area contributed by atoms with Crippen molar-refractivity contribution in [2.24, 2.45) is 5.84 Å². The van der Waals surface area contributed by atoms with Crippen molar-refractivity contribution >= 4 is 17.5 Å². The van der Waals surface area contributed by atoms with Crippen molar-refractivity contribution in [3.8, 4) is 17.4 Å². The Hall–Kier alpha value is -2.70. The molecule has 4 rings (SSSR count). The molecule has 1 heterocycles. The molecule has 23 heavy (non-hydrogen) atoms. The summed E-state index contributed by atoms with van der Waals surface area (Å²) in [7, 11) is 0. The Bertz CT molecular complexity index is 809. The summed E-state index contributed by atoms with van der Waals surface area (Å²) in [5.74, 6) is 5.48. The van der Waals surface area contributed by atoms with E-state index in [0.29, 0.717) is 10.6 Å². The van der Waals surface area contributed by atoms with Crippen LogP contribution >= 0.6 is 11.6 Å². The third-order valence-corrected chi connectivity index (χ3v) is 3.63. The van der Waals surface area contributed by atoms with Crippen LogP contribution in [0, 0.1) is 0 Å². The number of nitrogens with two attached hydrogens (primary N) is 1. The first-order chi connectivity index (χ1) is 11.2. The molecule has 116 valence electrons. The van der Waals surface area contributed by atoms with Gasteiger partial charge in [0, 0.05) is 5.56 Å². The van der Waals surface area contributed by atoms with Gasteiger partial charge in [0.2, 0.25) is 5.95 Å². The fraction of sp³-hybridized carbons (Fsp3) is 0.0625. The molecule has 1 aromatic heterocycles. The summed E-state index contributed by atoms with van der Waals surface area (Å²) in [6.07, 6.45) is 9.90. The van der Waals surface area contributed by atoms with E-state index in [1.54, 1.807) is 24.3 Å². The van der Waals surface area contributed by atoms with Crippen LogP contribution in [0.1, 0.15) is 6.42 Å². The molecule has 6 nitrogen and oxygen atoms in total. The number of hydrazine groups is 1. The van der Waals surface area contributed by atoms with Crippen molar-refractivity contribution < 1.29 is 5.11 Å². The minimum atomic E-state index is -0.419. The molecule has 2 aliphatic rings. The topological polar surface area (TPSA) is 97.0 Å². The molecule has 2 aliphatic carbocycles. The monoisotopic (exact) mass is 327 g/mol. The first-order valence-corrected chi connectivity index (χ1v) is 7.28. The van der Waals surface area contributed by atoms with E-state index in [9.17, 15) is 5.11 Å². The van der Waals surface area contributed by atoms with E-state index < -0.39 is 6.01 Å². The van der Waals surface area contributed by atoms with Crippen LogP contribution in [0.2, 0.25) is 5.02 Å². The van der Waals surface area contributed by atoms with Gasteiger partial charge in [0.05, 0.1) is 5.02 Å². The van der Waals surface area contributed by atoms with Crippen LogP contribution in [0.15, 0.2) is 59.7 Å². The molecule has 0 unspecified atom stereocenters. The van der Waals surface area contributed by atoms with Gasteiger partial charge < -0.3 is 5.11 Å². The van der Waals surface area contributed by atoms with E-state index in [4.69, 9.17) is 17.4 Å². The van der Waals surface area contributed by atoms with Gasteiger partial charge in [-0.3, -0.25) is 5.43 Å². The molecule has 0 radical (unpaired) electrons. The van der Waals surface area contributed by atoms with Crippen LogP contribution in [0.4, 0.5) is 5.95 Å². The Morgan fingerprint density at radius 2 is 1.74 bits per heavy atom. The molecule has 1 aromatic carbocycles. The van der Waals surface area contributed by atoms with E-state index in [0.717, 1.165) is 0 Å². The minimum Gasteiger partial charge on any atom is -0.479 e. The fourth-order valence-corrected chi connectivity index (χ4v) is 2.42. The first-order valence-electron chi connectivity index (χ1n) is 6.90. The number of hydrogen-bond acceptors (Lipinski definition) is 6. The van der Waals surface area contributed by atoms with Gasteiger partial charge in [-0.1, -0.05) is 48.0 Å². The molecule has 7 heteroatoms. The highest BCUT2D eigenvalue weighted by Crippen LogP contribution is 2.27. The van der Waals surface area contributed by atoms with Crippen LogP contribution in [0.3, 0.4) is 0 Å². The standard InChI is InChI=1S/C9H8ClN5O.C7H6/c10-6-4-2-1-3-5(6)7-12-8(15-11)14-9(16)13-7;1-2-7-4-3-6(1)5-7/h1-4H,11H2,(H2,12,13,14,15,16);1-4H,5H2. The highest BCUT2D eigenvalue weighted by Gasteiger charge is 2.09. The third kappa shape index (κ3) is 3.56. The Morgan fingerprint density at radius 3 is 2.26 bits per heavy atom. The number of anilines is 1. The molecule has 0 aliphatic heterocycles. The molecule has 0 saturated heterocycles. The summed E-state index contributed by atoms with van der Waals surface area (Å²) < 4.78 is 0. The lowest BCUT2D eigenvalue weighted by Gasteiger charge is -2.04. The van der Waals surface area contributed by atoms with Gasteiger partial charge >= 0.3 is 6.01 Å². The average molecular weight is 328 g/mol. The van der Waals surface area contributed by atoms with Gasteiger partial charge in [0.1, 0.15) is 0 Å². The summed E-state index contributed by atoms with van der Waals surface area (Å²) >= 11 is 5.97. The lowest BCUT2D eigenvalue weighted by atomic mass is 10.2. The summed E-state index contributed by atoms with van der Waals surface area (Å²) in [5, 5.41) is 9.76. The van der Waals surface area contributed by atoms with Crippen molar-refractivity contribution in [2.75, 3.05) is 5.43 Å². The largest absolute Gasteiger partial charge is 0.479 e. The second-order valence-electron chi connectivity index (χ2n) is 4.90. The molecule has 0 fully saturated rings. The van der Waals surface area contributed by atoms with Gasteiger partial charge in [-0.2, -0.15) is 15.0 Å². The van der Waals surface area contributed by atoms with Crippen LogP contribution in [0.5, 0.6) is 6.01 Å². The SMILES string of the molecule is C1=CC2=CC=C1C2.NNc1nc(O)nc(-c2ccccc2Cl)n1. The second-order valence-corrected chi connectivity index (χ2v) is 5.31. The van der Waals surface area contributed by atoms with Gasteiger partial charge in [-0.15, -0.1) is 0 Å². The third-order valence-electron chi connectivity index (χ3n) is 3.30. The molecule has 0 saturated carbocycles. The predicted molar refractivity (Wildman–Crippen MR) is 89.7 cm³/mol. The number of aromatic hydroxyl groups is 1. The number of halogens is 1. The van der Waals surface area contributed by atoms with E-state index in [1.807, 2.05) is 0 Å². The highest BCUT2D eigenvalue weighted by molar-refractivity contribution is 6.33. The van der Waals surface area contributed by atoms with Crippen molar-refractivity contribution in [3.05, 3.63) is 64.7 Å². The van der Waals surface area contributed by atoms with Crippen LogP contribution in [0.25, 0.3) is 11.4 Å². The number of nitrogens with one attached hydrogen (secondary N) is 1. The number of rotatable bonds is 2. The van der Waals surface area contributed by atoms with E-state index in [2.05, 4.69) is 44.7 Å². The molecule has 2 aromatic rings. The zero-order chi connectivity index (χ0) is 16.2. The maximum Gasteiger partial charge on any atom is 0.319 e. The molecule has 0 amide bonds. The maximum absolute atomic E-state index is 9.28. The summed E-state index contributed by atoms with van der Waals surface area (Å²) in [6.45, 7) is 0. The van der Waals surface area contributed by atoms with Crippen molar-refractivity contribution in [2.45, 2.75) is 6.42 Å². The van der Waals surface area contributed by atoms with E-state index in [-0.39, 0.29) is 11.8 Å². The normalized spacial score (nSPS) is 14.0. The van der Waals surface area contributed by atoms with Crippen molar-refractivity contribution in [3.63, 3.8) is 0 Å². The number of benzene rings is 1. The van der Waals surface area contributed by atoms with Gasteiger partial charge in [-0.25, -0.2) is 5.84 Å². The first kappa shape index (κ1) is 15.2. The Morgan fingerprint density at radius 1 is 1.04 bits per heavy atom. The van der Waals surface area contributed by atoms with E-state index in [1.165, 1.54) is 17.6 Å². The van der Waals surface area contributed by atoms with Gasteiger partial charge in [-0.05, 0) is 29.7 Å². The fourth-order valence-electron chi connectivity index (χ4n) is 2.20. The number of allylic oxidation sites excluding steroid dienone is 6. The average Bonchev–Trinajstić information content (AvgIpc) is 3.21. The van der Waals surface area contributed by atoms with E-state index >= 15 is 0 Å². The highest BCUT2D eigenvalue weighted by atomic mass is 35.5. The number of fused-ring (bicyclic) bond motifs is 2. The smallest absolute Gasteiger partial charge is 0.319 e. The summed E-state index contributed by atoms with van der Waals surface area (Å²) in [4.78, 5) is 11.3. The Kier molecular flexibility index (Phi) is 4.36. The maximum atomic E-state index is 9.28. The summed E-state index contributed by atoms with van der Waals surface area (Å²) in [6, 6.07) is 6.59. The number of aromatic nitrogens is 3. The van der Waals surface area contributed by atoms with Crippen molar-refractivity contribution in [1.29, 1.82) is 0 Å². The zero-order valence-corrected chi connectivity index (χ0v) is 12.8. The quantitative estimate of drug-likeness (QED) is 0.579. The number of hydrogen-bond donors (Lipinski definition) is 3.